The molecule has 2 rings (SSSR count). The van der Waals surface area contributed by atoms with Gasteiger partial charge >= 0.3 is 0 Å². The monoisotopic (exact) mass is 241 g/mol. The van der Waals surface area contributed by atoms with E-state index < -0.39 is 0 Å². The molecular weight excluding hydrogens is 230 g/mol. The van der Waals surface area contributed by atoms with Gasteiger partial charge in [0.25, 0.3) is 0 Å². The first-order valence-corrected chi connectivity index (χ1v) is 5.19. The first-order valence-electron chi connectivity index (χ1n) is 4.40. The van der Waals surface area contributed by atoms with Crippen molar-refractivity contribution in [3.63, 3.8) is 0 Å². The van der Waals surface area contributed by atoms with Gasteiger partial charge < -0.3 is 10.1 Å². The molecule has 3 heteroatoms. The molecular formula is C10H12BrNO. The van der Waals surface area contributed by atoms with E-state index in [1.165, 1.54) is 5.56 Å². The van der Waals surface area contributed by atoms with E-state index in [1.807, 2.05) is 6.07 Å². The van der Waals surface area contributed by atoms with Crippen LogP contribution in [0.15, 0.2) is 28.7 Å². The summed E-state index contributed by atoms with van der Waals surface area (Å²) in [5.41, 5.74) is 1.31. The third-order valence-electron chi connectivity index (χ3n) is 2.12. The molecule has 0 unspecified atom stereocenters. The Morgan fingerprint density at radius 3 is 2.92 bits per heavy atom. The predicted octanol–water partition coefficient (Wildman–Crippen LogP) is 1.94. The van der Waals surface area contributed by atoms with Crippen molar-refractivity contribution in [2.75, 3.05) is 13.2 Å². The number of rotatable bonds is 3. The Balaban J connectivity index is 1.86. The fourth-order valence-corrected chi connectivity index (χ4v) is 1.71. The predicted molar refractivity (Wildman–Crippen MR) is 55.6 cm³/mol. The maximum atomic E-state index is 5.08. The number of ether oxygens (including phenoxy) is 1. The van der Waals surface area contributed by atoms with Gasteiger partial charge in [0.05, 0.1) is 19.3 Å². The minimum absolute atomic E-state index is 0.555. The minimum Gasteiger partial charge on any atom is -0.378 e. The summed E-state index contributed by atoms with van der Waals surface area (Å²) in [6.45, 7) is 2.63. The van der Waals surface area contributed by atoms with E-state index in [4.69, 9.17) is 4.74 Å². The zero-order valence-corrected chi connectivity index (χ0v) is 8.88. The van der Waals surface area contributed by atoms with Crippen molar-refractivity contribution in [1.82, 2.24) is 5.32 Å². The number of nitrogens with one attached hydrogen (secondary N) is 1. The Morgan fingerprint density at radius 1 is 1.46 bits per heavy atom. The molecule has 0 bridgehead atoms. The van der Waals surface area contributed by atoms with Crippen LogP contribution >= 0.6 is 15.9 Å². The third kappa shape index (κ3) is 2.53. The second-order valence-electron chi connectivity index (χ2n) is 3.25. The molecule has 1 aromatic carbocycles. The van der Waals surface area contributed by atoms with Crippen LogP contribution < -0.4 is 5.32 Å². The lowest BCUT2D eigenvalue weighted by atomic mass is 10.2. The Bertz CT molecular complexity index is 286. The van der Waals surface area contributed by atoms with Gasteiger partial charge in [0, 0.05) is 11.0 Å². The summed E-state index contributed by atoms with van der Waals surface area (Å²) in [5, 5.41) is 3.42. The summed E-state index contributed by atoms with van der Waals surface area (Å²) in [7, 11) is 0. The molecule has 0 aliphatic carbocycles. The topological polar surface area (TPSA) is 21.3 Å². The molecule has 70 valence electrons. The van der Waals surface area contributed by atoms with Crippen molar-refractivity contribution in [1.29, 1.82) is 0 Å². The van der Waals surface area contributed by atoms with Crippen LogP contribution in [0.3, 0.4) is 0 Å². The van der Waals surface area contributed by atoms with Gasteiger partial charge in [-0.15, -0.1) is 0 Å². The standard InChI is InChI=1S/C10H12BrNO/c11-9-3-1-2-8(4-9)5-12-10-6-13-7-10/h1-4,10,12H,5-7H2. The average molecular weight is 242 g/mol. The number of benzene rings is 1. The lowest BCUT2D eigenvalue weighted by molar-refractivity contribution is -0.00578. The van der Waals surface area contributed by atoms with E-state index >= 15 is 0 Å². The Morgan fingerprint density at radius 2 is 2.31 bits per heavy atom. The van der Waals surface area contributed by atoms with Crippen LogP contribution in [0.5, 0.6) is 0 Å². The largest absolute Gasteiger partial charge is 0.378 e. The lowest BCUT2D eigenvalue weighted by Crippen LogP contribution is -2.45. The highest BCUT2D eigenvalue weighted by Crippen LogP contribution is 2.12. The lowest BCUT2D eigenvalue weighted by Gasteiger charge is -2.27. The maximum Gasteiger partial charge on any atom is 0.0643 e. The maximum absolute atomic E-state index is 5.08. The van der Waals surface area contributed by atoms with Crippen molar-refractivity contribution >= 4 is 15.9 Å². The van der Waals surface area contributed by atoms with E-state index in [0.29, 0.717) is 6.04 Å². The molecule has 1 saturated heterocycles. The molecule has 1 heterocycles. The van der Waals surface area contributed by atoms with Gasteiger partial charge in [0.2, 0.25) is 0 Å². The Kier molecular flexibility index (Phi) is 2.98. The number of hydrogen-bond acceptors (Lipinski definition) is 2. The minimum atomic E-state index is 0.555. The number of hydrogen-bond donors (Lipinski definition) is 1. The molecule has 0 aromatic heterocycles. The molecule has 1 N–H and O–H groups in total. The number of halogens is 1. The zero-order valence-electron chi connectivity index (χ0n) is 7.29. The highest BCUT2D eigenvalue weighted by molar-refractivity contribution is 9.10. The highest BCUT2D eigenvalue weighted by atomic mass is 79.9. The molecule has 0 radical (unpaired) electrons. The van der Waals surface area contributed by atoms with Crippen molar-refractivity contribution in [2.45, 2.75) is 12.6 Å². The van der Waals surface area contributed by atoms with Crippen LogP contribution in [0.4, 0.5) is 0 Å². The van der Waals surface area contributed by atoms with Crippen molar-refractivity contribution in [2.24, 2.45) is 0 Å². The fourth-order valence-electron chi connectivity index (χ4n) is 1.26. The highest BCUT2D eigenvalue weighted by Gasteiger charge is 2.16. The molecule has 1 aliphatic heterocycles. The normalized spacial score (nSPS) is 17.0. The van der Waals surface area contributed by atoms with E-state index in [1.54, 1.807) is 0 Å². The van der Waals surface area contributed by atoms with E-state index in [-0.39, 0.29) is 0 Å². The molecule has 2 nitrogen and oxygen atoms in total. The third-order valence-corrected chi connectivity index (χ3v) is 2.62. The van der Waals surface area contributed by atoms with Crippen LogP contribution in [0.1, 0.15) is 5.56 Å². The van der Waals surface area contributed by atoms with Gasteiger partial charge in [-0.1, -0.05) is 28.1 Å². The summed E-state index contributed by atoms with van der Waals surface area (Å²) in [6, 6.07) is 8.90. The second kappa shape index (κ2) is 4.22. The van der Waals surface area contributed by atoms with Gasteiger partial charge in [0.1, 0.15) is 0 Å². The molecule has 1 aliphatic rings. The summed E-state index contributed by atoms with van der Waals surface area (Å²) in [4.78, 5) is 0. The molecule has 1 aromatic rings. The quantitative estimate of drug-likeness (QED) is 0.874. The summed E-state index contributed by atoms with van der Waals surface area (Å²) in [5.74, 6) is 0. The van der Waals surface area contributed by atoms with Gasteiger partial charge in [-0.3, -0.25) is 0 Å². The zero-order chi connectivity index (χ0) is 9.10. The molecule has 0 atom stereocenters. The van der Waals surface area contributed by atoms with Crippen LogP contribution in [0, 0.1) is 0 Å². The summed E-state index contributed by atoms with van der Waals surface area (Å²) in [6.07, 6.45) is 0. The van der Waals surface area contributed by atoms with E-state index in [0.717, 1.165) is 24.2 Å². The molecule has 13 heavy (non-hydrogen) atoms. The molecule has 0 saturated carbocycles. The average Bonchev–Trinajstić information content (AvgIpc) is 2.01. The van der Waals surface area contributed by atoms with Gasteiger partial charge in [-0.05, 0) is 17.7 Å². The van der Waals surface area contributed by atoms with Gasteiger partial charge in [-0.25, -0.2) is 0 Å². The van der Waals surface area contributed by atoms with Crippen molar-refractivity contribution in [3.8, 4) is 0 Å². The van der Waals surface area contributed by atoms with E-state index in [9.17, 15) is 0 Å². The molecule has 0 amide bonds. The fraction of sp³-hybridized carbons (Fsp3) is 0.400. The van der Waals surface area contributed by atoms with Crippen LogP contribution in [-0.4, -0.2) is 19.3 Å². The molecule has 1 fully saturated rings. The summed E-state index contributed by atoms with van der Waals surface area (Å²) >= 11 is 3.45. The van der Waals surface area contributed by atoms with Crippen LogP contribution in [0.2, 0.25) is 0 Å². The van der Waals surface area contributed by atoms with Crippen LogP contribution in [-0.2, 0) is 11.3 Å². The van der Waals surface area contributed by atoms with E-state index in [2.05, 4.69) is 39.4 Å². The SMILES string of the molecule is Brc1cccc(CNC2COC2)c1. The first kappa shape index (κ1) is 9.19. The second-order valence-corrected chi connectivity index (χ2v) is 4.16. The Hall–Kier alpha value is -0.380. The van der Waals surface area contributed by atoms with Crippen molar-refractivity contribution in [3.05, 3.63) is 34.3 Å². The summed E-state index contributed by atoms with van der Waals surface area (Å²) < 4.78 is 6.21. The molecule has 0 spiro atoms. The smallest absolute Gasteiger partial charge is 0.0643 e. The van der Waals surface area contributed by atoms with Gasteiger partial charge in [-0.2, -0.15) is 0 Å². The van der Waals surface area contributed by atoms with Gasteiger partial charge in [0.15, 0.2) is 0 Å². The first-order chi connectivity index (χ1) is 6.34. The van der Waals surface area contributed by atoms with Crippen molar-refractivity contribution < 1.29 is 4.74 Å². The Labute approximate surface area is 86.4 Å². The van der Waals surface area contributed by atoms with Crippen LogP contribution in [0.25, 0.3) is 0 Å².